The molecular formula is C23H19ClFN7O2. The number of aryl methyl sites for hydroxylation is 1. The number of halogens is 2. The second-order valence-electron chi connectivity index (χ2n) is 8.35. The van der Waals surface area contributed by atoms with E-state index in [1.165, 1.54) is 12.4 Å². The minimum absolute atomic E-state index is 0.115. The third-order valence-corrected chi connectivity index (χ3v) is 6.87. The number of carbonyl (C=O) groups is 1. The Morgan fingerprint density at radius 2 is 2.12 bits per heavy atom. The number of aromatic nitrogens is 5. The number of anilines is 1. The van der Waals surface area contributed by atoms with Crippen molar-refractivity contribution < 1.29 is 13.9 Å². The third kappa shape index (κ3) is 2.88. The summed E-state index contributed by atoms with van der Waals surface area (Å²) in [4.78, 5) is 24.7. The van der Waals surface area contributed by atoms with Gasteiger partial charge < -0.3 is 14.5 Å². The lowest BCUT2D eigenvalue weighted by molar-refractivity contribution is -0.126. The second-order valence-corrected chi connectivity index (χ2v) is 8.73. The number of ether oxygens (including phenoxy) is 1. The molecule has 1 amide bonds. The van der Waals surface area contributed by atoms with Gasteiger partial charge in [-0.05, 0) is 24.6 Å². The number of hydrogen-bond donors (Lipinski definition) is 1. The molecule has 1 N–H and O–H groups in total. The predicted molar refractivity (Wildman–Crippen MR) is 126 cm³/mol. The predicted octanol–water partition coefficient (Wildman–Crippen LogP) is 3.26. The van der Waals surface area contributed by atoms with Crippen LogP contribution in [0.1, 0.15) is 5.56 Å². The normalized spacial score (nSPS) is 17.4. The Labute approximate surface area is 198 Å². The smallest absolute Gasteiger partial charge is 0.246 e. The Balaban J connectivity index is 1.58. The van der Waals surface area contributed by atoms with Crippen LogP contribution < -0.4 is 9.64 Å². The number of amides is 1. The molecule has 4 heterocycles. The van der Waals surface area contributed by atoms with E-state index in [2.05, 4.69) is 32.0 Å². The van der Waals surface area contributed by atoms with E-state index in [4.69, 9.17) is 16.3 Å². The van der Waals surface area contributed by atoms with Gasteiger partial charge in [0.05, 0.1) is 16.5 Å². The highest BCUT2D eigenvalue weighted by atomic mass is 35.5. The summed E-state index contributed by atoms with van der Waals surface area (Å²) >= 11 is 6.87. The van der Waals surface area contributed by atoms with Crippen molar-refractivity contribution in [1.29, 1.82) is 0 Å². The molecule has 1 atom stereocenters. The van der Waals surface area contributed by atoms with Crippen LogP contribution in [0, 0.1) is 12.7 Å². The highest BCUT2D eigenvalue weighted by Gasteiger charge is 2.37. The molecule has 6 rings (SSSR count). The highest BCUT2D eigenvalue weighted by Crippen LogP contribution is 2.49. The van der Waals surface area contributed by atoms with Crippen molar-refractivity contribution in [3.63, 3.8) is 0 Å². The van der Waals surface area contributed by atoms with Gasteiger partial charge >= 0.3 is 0 Å². The SMILES string of the molecule is C=CC(=O)N1CCN2c3ncnc4c(F)c(-c5c(C)ccc6n[nH]nc56)c(Cl)c(c34)OCC2C1. The molecule has 1 fully saturated rings. The molecule has 11 heteroatoms. The summed E-state index contributed by atoms with van der Waals surface area (Å²) in [5, 5.41) is 11.5. The van der Waals surface area contributed by atoms with E-state index in [1.54, 1.807) is 4.90 Å². The molecule has 9 nitrogen and oxygen atoms in total. The number of rotatable bonds is 2. The summed E-state index contributed by atoms with van der Waals surface area (Å²) in [7, 11) is 0. The quantitative estimate of drug-likeness (QED) is 0.440. The summed E-state index contributed by atoms with van der Waals surface area (Å²) in [6.07, 6.45) is 2.64. The van der Waals surface area contributed by atoms with Crippen LogP contribution in [-0.4, -0.2) is 68.5 Å². The number of aromatic amines is 1. The molecule has 0 saturated carbocycles. The van der Waals surface area contributed by atoms with Crippen molar-refractivity contribution in [2.45, 2.75) is 13.0 Å². The van der Waals surface area contributed by atoms with Gasteiger partial charge in [-0.3, -0.25) is 4.79 Å². The Hall–Kier alpha value is -3.79. The third-order valence-electron chi connectivity index (χ3n) is 6.51. The van der Waals surface area contributed by atoms with Crippen molar-refractivity contribution in [2.24, 2.45) is 0 Å². The number of carbonyl (C=O) groups excluding carboxylic acids is 1. The Morgan fingerprint density at radius 1 is 1.26 bits per heavy atom. The second kappa shape index (κ2) is 7.63. The van der Waals surface area contributed by atoms with E-state index in [1.807, 2.05) is 24.0 Å². The van der Waals surface area contributed by atoms with Crippen LogP contribution >= 0.6 is 11.6 Å². The van der Waals surface area contributed by atoms with Gasteiger partial charge in [0.25, 0.3) is 0 Å². The zero-order chi connectivity index (χ0) is 23.6. The van der Waals surface area contributed by atoms with E-state index >= 15 is 4.39 Å². The molecule has 1 saturated heterocycles. The van der Waals surface area contributed by atoms with Gasteiger partial charge in [0.15, 0.2) is 11.6 Å². The van der Waals surface area contributed by atoms with Crippen LogP contribution in [0.5, 0.6) is 5.75 Å². The summed E-state index contributed by atoms with van der Waals surface area (Å²) in [6.45, 7) is 7.11. The monoisotopic (exact) mass is 479 g/mol. The van der Waals surface area contributed by atoms with Crippen LogP contribution in [0.4, 0.5) is 10.2 Å². The van der Waals surface area contributed by atoms with E-state index in [9.17, 15) is 4.79 Å². The number of nitrogens with zero attached hydrogens (tertiary/aromatic N) is 6. The van der Waals surface area contributed by atoms with Gasteiger partial charge in [0, 0.05) is 30.8 Å². The minimum atomic E-state index is -0.575. The van der Waals surface area contributed by atoms with Crippen molar-refractivity contribution in [1.82, 2.24) is 30.3 Å². The largest absolute Gasteiger partial charge is 0.489 e. The summed E-state index contributed by atoms with van der Waals surface area (Å²) in [5.74, 6) is 0.141. The van der Waals surface area contributed by atoms with Crippen LogP contribution in [0.15, 0.2) is 31.1 Å². The molecule has 172 valence electrons. The fraction of sp³-hybridized carbons (Fsp3) is 0.261. The number of fused-ring (bicyclic) bond motifs is 3. The lowest BCUT2D eigenvalue weighted by atomic mass is 9.96. The zero-order valence-corrected chi connectivity index (χ0v) is 18.9. The van der Waals surface area contributed by atoms with Gasteiger partial charge in [0.2, 0.25) is 5.91 Å². The van der Waals surface area contributed by atoms with Crippen molar-refractivity contribution >= 4 is 45.3 Å². The first-order valence-corrected chi connectivity index (χ1v) is 11.1. The highest BCUT2D eigenvalue weighted by molar-refractivity contribution is 6.37. The van der Waals surface area contributed by atoms with Gasteiger partial charge in [-0.15, -0.1) is 0 Å². The molecule has 2 aromatic carbocycles. The number of nitrogens with one attached hydrogen (secondary N) is 1. The molecule has 0 aliphatic carbocycles. The van der Waals surface area contributed by atoms with Gasteiger partial charge in [-0.1, -0.05) is 24.2 Å². The molecule has 2 aliphatic heterocycles. The standard InChI is InChI=1S/C23H19ClFN7O2/c1-3-14(33)31-6-7-32-12(8-31)9-34-22-17-21(26-10-27-23(17)32)19(25)16(18(22)24)15-11(2)4-5-13-20(15)29-30-28-13/h3-5,10,12H,1,6-9H2,2H3,(H,28,29,30). The molecule has 4 aromatic rings. The fourth-order valence-electron chi connectivity index (χ4n) is 4.88. The maximum absolute atomic E-state index is 16.1. The average Bonchev–Trinajstić information content (AvgIpc) is 3.26. The van der Waals surface area contributed by atoms with Crippen LogP contribution in [0.25, 0.3) is 33.1 Å². The first-order chi connectivity index (χ1) is 16.5. The fourth-order valence-corrected chi connectivity index (χ4v) is 5.20. The maximum atomic E-state index is 16.1. The van der Waals surface area contributed by atoms with Gasteiger partial charge in [-0.2, -0.15) is 15.4 Å². The number of hydrogen-bond acceptors (Lipinski definition) is 7. The van der Waals surface area contributed by atoms with Gasteiger partial charge in [0.1, 0.15) is 35.3 Å². The Kier molecular flexibility index (Phi) is 4.66. The number of benzene rings is 2. The van der Waals surface area contributed by atoms with E-state index < -0.39 is 5.82 Å². The maximum Gasteiger partial charge on any atom is 0.246 e. The first kappa shape index (κ1) is 20.8. The average molecular weight is 480 g/mol. The van der Waals surface area contributed by atoms with Crippen LogP contribution in [0.2, 0.25) is 5.02 Å². The molecule has 1 unspecified atom stereocenters. The Bertz CT molecular complexity index is 1500. The number of H-pyrrole nitrogens is 1. The minimum Gasteiger partial charge on any atom is -0.489 e. The summed E-state index contributed by atoms with van der Waals surface area (Å²) < 4.78 is 22.4. The van der Waals surface area contributed by atoms with Crippen molar-refractivity contribution in [3.8, 4) is 16.9 Å². The molecule has 0 spiro atoms. The topological polar surface area (TPSA) is 100 Å². The van der Waals surface area contributed by atoms with E-state index in [-0.39, 0.29) is 34.7 Å². The lowest BCUT2D eigenvalue weighted by Gasteiger charge is -2.40. The van der Waals surface area contributed by atoms with E-state index in [0.29, 0.717) is 53.2 Å². The first-order valence-electron chi connectivity index (χ1n) is 10.8. The van der Waals surface area contributed by atoms with Crippen molar-refractivity contribution in [2.75, 3.05) is 31.1 Å². The van der Waals surface area contributed by atoms with Crippen LogP contribution in [0.3, 0.4) is 0 Å². The van der Waals surface area contributed by atoms with Gasteiger partial charge in [-0.25, -0.2) is 14.4 Å². The Morgan fingerprint density at radius 3 is 2.94 bits per heavy atom. The molecule has 0 radical (unpaired) electrons. The van der Waals surface area contributed by atoms with Crippen LogP contribution in [-0.2, 0) is 4.79 Å². The lowest BCUT2D eigenvalue weighted by Crippen LogP contribution is -2.56. The van der Waals surface area contributed by atoms with E-state index in [0.717, 1.165) is 5.56 Å². The number of piperazine rings is 1. The molecule has 2 aliphatic rings. The molecule has 34 heavy (non-hydrogen) atoms. The zero-order valence-electron chi connectivity index (χ0n) is 18.2. The molecular weight excluding hydrogens is 461 g/mol. The van der Waals surface area contributed by atoms with Crippen molar-refractivity contribution in [3.05, 3.63) is 47.5 Å². The summed E-state index contributed by atoms with van der Waals surface area (Å²) in [6, 6.07) is 3.46. The summed E-state index contributed by atoms with van der Waals surface area (Å²) in [5.41, 5.74) is 2.69. The molecule has 2 aromatic heterocycles. The molecule has 0 bridgehead atoms.